The quantitative estimate of drug-likeness (QED) is 0.677. The minimum Gasteiger partial charge on any atom is -0.372 e. The molecule has 0 bridgehead atoms. The molecule has 1 fully saturated rings. The third kappa shape index (κ3) is 3.78. The number of hydrogen-bond acceptors (Lipinski definition) is 4. The van der Waals surface area contributed by atoms with E-state index in [9.17, 15) is 9.59 Å². The second kappa shape index (κ2) is 7.82. The first-order chi connectivity index (χ1) is 13.8. The Labute approximate surface area is 179 Å². The lowest BCUT2D eigenvalue weighted by Gasteiger charge is -2.37. The van der Waals surface area contributed by atoms with Gasteiger partial charge in [-0.2, -0.15) is 0 Å². The van der Waals surface area contributed by atoms with Crippen molar-refractivity contribution in [3.63, 3.8) is 0 Å². The van der Waals surface area contributed by atoms with E-state index in [2.05, 4.69) is 0 Å². The van der Waals surface area contributed by atoms with E-state index in [0.29, 0.717) is 45.7 Å². The van der Waals surface area contributed by atoms with Crippen molar-refractivity contribution in [3.05, 3.63) is 69.8 Å². The van der Waals surface area contributed by atoms with Gasteiger partial charge in [0.1, 0.15) is 5.70 Å². The Kier molecular flexibility index (Phi) is 5.38. The molecule has 2 aromatic rings. The number of anilines is 1. The Balaban J connectivity index is 1.84. The highest BCUT2D eigenvalue weighted by molar-refractivity contribution is 6.45. The van der Waals surface area contributed by atoms with Crippen molar-refractivity contribution in [2.24, 2.45) is 0 Å². The molecule has 0 N–H and O–H groups in total. The zero-order valence-electron chi connectivity index (χ0n) is 16.1. The van der Waals surface area contributed by atoms with Crippen LogP contribution in [-0.4, -0.2) is 42.0 Å². The first-order valence-electron chi connectivity index (χ1n) is 9.40. The lowest BCUT2D eigenvalue weighted by molar-refractivity contribution is -0.121. The maximum absolute atomic E-state index is 13.5. The number of halogens is 2. The summed E-state index contributed by atoms with van der Waals surface area (Å²) in [6.45, 7) is 4.97. The highest BCUT2D eigenvalue weighted by atomic mass is 35.5. The van der Waals surface area contributed by atoms with E-state index < -0.39 is 0 Å². The van der Waals surface area contributed by atoms with Crippen LogP contribution >= 0.6 is 23.2 Å². The van der Waals surface area contributed by atoms with Gasteiger partial charge in [-0.3, -0.25) is 9.59 Å². The molecule has 2 amide bonds. The van der Waals surface area contributed by atoms with E-state index in [-0.39, 0.29) is 24.0 Å². The first kappa shape index (κ1) is 20.0. The molecule has 0 aliphatic carbocycles. The molecule has 0 spiro atoms. The van der Waals surface area contributed by atoms with Gasteiger partial charge in [0, 0.05) is 23.1 Å². The van der Waals surface area contributed by atoms with Gasteiger partial charge in [-0.05, 0) is 49.7 Å². The fourth-order valence-electron chi connectivity index (χ4n) is 3.90. The molecule has 2 aromatic carbocycles. The molecule has 7 heteroatoms. The molecule has 2 aliphatic heterocycles. The summed E-state index contributed by atoms with van der Waals surface area (Å²) in [5.41, 5.74) is 1.86. The van der Waals surface area contributed by atoms with Crippen molar-refractivity contribution in [2.75, 3.05) is 18.0 Å². The third-order valence-corrected chi connectivity index (χ3v) is 5.48. The Morgan fingerprint density at radius 1 is 0.897 bits per heavy atom. The van der Waals surface area contributed by atoms with Crippen molar-refractivity contribution in [3.8, 4) is 0 Å². The zero-order chi connectivity index (χ0) is 20.7. The van der Waals surface area contributed by atoms with Gasteiger partial charge in [0.05, 0.1) is 23.5 Å². The molecule has 0 aromatic heterocycles. The molecule has 5 nitrogen and oxygen atoms in total. The summed E-state index contributed by atoms with van der Waals surface area (Å²) in [4.78, 5) is 30.1. The van der Waals surface area contributed by atoms with Crippen molar-refractivity contribution >= 4 is 46.3 Å². The van der Waals surface area contributed by atoms with Gasteiger partial charge in [-0.15, -0.1) is 0 Å². The number of amides is 2. The van der Waals surface area contributed by atoms with Crippen LogP contribution in [0.5, 0.6) is 0 Å². The van der Waals surface area contributed by atoms with E-state index in [4.69, 9.17) is 27.9 Å². The summed E-state index contributed by atoms with van der Waals surface area (Å²) >= 11 is 12.1. The number of imide groups is 1. The van der Waals surface area contributed by atoms with Gasteiger partial charge < -0.3 is 9.64 Å². The van der Waals surface area contributed by atoms with Crippen LogP contribution < -0.4 is 4.90 Å². The number of carbonyl (C=O) groups excluding carboxylic acids is 2. The van der Waals surface area contributed by atoms with Crippen LogP contribution in [0.3, 0.4) is 0 Å². The monoisotopic (exact) mass is 430 g/mol. The standard InChI is InChI=1S/C22H20Cl2N2O3/c1-13-11-25(12-14(2)29-13)20-19(15-6-8-16(23)9-7-15)21(27)26(22(20)28)18-5-3-4-17(24)10-18/h3-10,13-14H,11-12H2,1-2H3. The summed E-state index contributed by atoms with van der Waals surface area (Å²) in [6.07, 6.45) is -0.110. The van der Waals surface area contributed by atoms with E-state index >= 15 is 0 Å². The number of hydrogen-bond donors (Lipinski definition) is 0. The van der Waals surface area contributed by atoms with Gasteiger partial charge in [-0.25, -0.2) is 4.90 Å². The Morgan fingerprint density at radius 2 is 1.55 bits per heavy atom. The van der Waals surface area contributed by atoms with Crippen LogP contribution in [0.25, 0.3) is 5.57 Å². The van der Waals surface area contributed by atoms with Crippen molar-refractivity contribution in [1.82, 2.24) is 4.90 Å². The fraction of sp³-hybridized carbons (Fsp3) is 0.273. The van der Waals surface area contributed by atoms with Crippen LogP contribution in [0.4, 0.5) is 5.69 Å². The average Bonchev–Trinajstić information content (AvgIpc) is 2.92. The lowest BCUT2D eigenvalue weighted by Crippen LogP contribution is -2.47. The number of nitrogens with zero attached hydrogens (tertiary/aromatic N) is 2. The molecule has 2 unspecified atom stereocenters. The van der Waals surface area contributed by atoms with E-state index in [1.54, 1.807) is 48.5 Å². The predicted octanol–water partition coefficient (Wildman–Crippen LogP) is 4.39. The summed E-state index contributed by atoms with van der Waals surface area (Å²) < 4.78 is 5.81. The van der Waals surface area contributed by atoms with E-state index in [1.165, 1.54) is 4.90 Å². The molecular weight excluding hydrogens is 411 g/mol. The molecule has 2 heterocycles. The Hall–Kier alpha value is -2.34. The minimum atomic E-state index is -0.374. The molecule has 150 valence electrons. The van der Waals surface area contributed by atoms with Gasteiger partial charge in [-0.1, -0.05) is 41.4 Å². The molecule has 4 rings (SSSR count). The number of carbonyl (C=O) groups is 2. The minimum absolute atomic E-state index is 0.0548. The molecular formula is C22H20Cl2N2O3. The average molecular weight is 431 g/mol. The van der Waals surface area contributed by atoms with Gasteiger partial charge in [0.25, 0.3) is 11.8 Å². The normalized spacial score (nSPS) is 22.6. The molecule has 2 aliphatic rings. The largest absolute Gasteiger partial charge is 0.372 e. The van der Waals surface area contributed by atoms with Crippen molar-refractivity contribution in [2.45, 2.75) is 26.1 Å². The molecule has 1 saturated heterocycles. The first-order valence-corrected chi connectivity index (χ1v) is 10.2. The Morgan fingerprint density at radius 3 is 2.17 bits per heavy atom. The number of rotatable bonds is 3. The highest BCUT2D eigenvalue weighted by Crippen LogP contribution is 2.36. The maximum atomic E-state index is 13.5. The zero-order valence-corrected chi connectivity index (χ0v) is 17.6. The summed E-state index contributed by atoms with van der Waals surface area (Å²) in [6, 6.07) is 13.7. The molecule has 0 radical (unpaired) electrons. The number of ether oxygens (including phenoxy) is 1. The summed E-state index contributed by atoms with van der Waals surface area (Å²) in [5.74, 6) is -0.732. The van der Waals surface area contributed by atoms with Crippen molar-refractivity contribution in [1.29, 1.82) is 0 Å². The third-order valence-electron chi connectivity index (χ3n) is 4.99. The Bertz CT molecular complexity index is 993. The van der Waals surface area contributed by atoms with Crippen LogP contribution in [-0.2, 0) is 14.3 Å². The topological polar surface area (TPSA) is 49.9 Å². The van der Waals surface area contributed by atoms with E-state index in [1.807, 2.05) is 18.7 Å². The van der Waals surface area contributed by atoms with Crippen LogP contribution in [0.1, 0.15) is 19.4 Å². The van der Waals surface area contributed by atoms with Gasteiger partial charge >= 0.3 is 0 Å². The van der Waals surface area contributed by atoms with Gasteiger partial charge in [0.2, 0.25) is 0 Å². The lowest BCUT2D eigenvalue weighted by atomic mass is 10.0. The van der Waals surface area contributed by atoms with Crippen molar-refractivity contribution < 1.29 is 14.3 Å². The smallest absolute Gasteiger partial charge is 0.282 e. The number of benzene rings is 2. The fourth-order valence-corrected chi connectivity index (χ4v) is 4.21. The highest BCUT2D eigenvalue weighted by Gasteiger charge is 2.43. The van der Waals surface area contributed by atoms with Crippen LogP contribution in [0.15, 0.2) is 54.2 Å². The van der Waals surface area contributed by atoms with Crippen LogP contribution in [0.2, 0.25) is 10.0 Å². The molecule has 0 saturated carbocycles. The van der Waals surface area contributed by atoms with Gasteiger partial charge in [0.15, 0.2) is 0 Å². The predicted molar refractivity (Wildman–Crippen MR) is 114 cm³/mol. The maximum Gasteiger partial charge on any atom is 0.282 e. The summed E-state index contributed by atoms with van der Waals surface area (Å²) in [7, 11) is 0. The second-order valence-electron chi connectivity index (χ2n) is 7.32. The molecule has 2 atom stereocenters. The second-order valence-corrected chi connectivity index (χ2v) is 8.19. The molecule has 29 heavy (non-hydrogen) atoms. The summed E-state index contributed by atoms with van der Waals surface area (Å²) in [5, 5.41) is 1.02. The van der Waals surface area contributed by atoms with E-state index in [0.717, 1.165) is 0 Å². The SMILES string of the molecule is CC1CN(C2=C(c3ccc(Cl)cc3)C(=O)N(c3cccc(Cl)c3)C2=O)CC(C)O1. The van der Waals surface area contributed by atoms with Crippen LogP contribution in [0, 0.1) is 0 Å². The number of morpholine rings is 1.